The molecule has 1 unspecified atom stereocenters. The number of carbonyl (C=O) groups excluding carboxylic acids is 1. The van der Waals surface area contributed by atoms with Crippen molar-refractivity contribution in [1.29, 1.82) is 0 Å². The molecule has 0 aliphatic rings. The van der Waals surface area contributed by atoms with Crippen molar-refractivity contribution in [1.82, 2.24) is 14.5 Å². The van der Waals surface area contributed by atoms with Gasteiger partial charge in [0, 0.05) is 28.4 Å². The second-order valence-corrected chi connectivity index (χ2v) is 9.89. The highest BCUT2D eigenvalue weighted by Gasteiger charge is 2.48. The summed E-state index contributed by atoms with van der Waals surface area (Å²) in [4.78, 5) is 19.2. The van der Waals surface area contributed by atoms with Gasteiger partial charge in [-0.05, 0) is 44.2 Å². The molecule has 0 saturated carbocycles. The van der Waals surface area contributed by atoms with Gasteiger partial charge in [0.05, 0.1) is 24.0 Å². The Bertz CT molecular complexity index is 1400. The minimum absolute atomic E-state index is 0.113. The van der Waals surface area contributed by atoms with Crippen molar-refractivity contribution < 1.29 is 22.3 Å². The molecule has 0 aliphatic carbocycles. The highest BCUT2D eigenvalue weighted by molar-refractivity contribution is 7.92. The molecule has 1 atom stereocenters. The molecule has 0 bridgehead atoms. The molecule has 32 heavy (non-hydrogen) atoms. The number of fused-ring (bicyclic) bond motifs is 1. The summed E-state index contributed by atoms with van der Waals surface area (Å²) in [6.45, 7) is 3.14. The van der Waals surface area contributed by atoms with E-state index in [4.69, 9.17) is 4.74 Å². The van der Waals surface area contributed by atoms with Crippen LogP contribution >= 0.6 is 0 Å². The second-order valence-electron chi connectivity index (χ2n) is 7.60. The molecule has 166 valence electrons. The SMILES string of the molecule is COC(=O)Cn1c(C)c(C(C)(c2cnc[nH]2)S(=O)(=O)c2ccccc2)c2cc(F)ccc21. The largest absolute Gasteiger partial charge is 0.468 e. The van der Waals surface area contributed by atoms with Gasteiger partial charge in [-0.3, -0.25) is 4.79 Å². The van der Waals surface area contributed by atoms with Crippen molar-refractivity contribution in [2.45, 2.75) is 30.0 Å². The molecule has 9 heteroatoms. The highest BCUT2D eigenvalue weighted by atomic mass is 32.2. The number of aromatic nitrogens is 3. The Morgan fingerprint density at radius 2 is 1.94 bits per heavy atom. The minimum atomic E-state index is -4.05. The van der Waals surface area contributed by atoms with Gasteiger partial charge in [0.1, 0.15) is 17.1 Å². The Morgan fingerprint density at radius 3 is 2.56 bits per heavy atom. The van der Waals surface area contributed by atoms with Crippen LogP contribution in [0.5, 0.6) is 0 Å². The van der Waals surface area contributed by atoms with Crippen LogP contribution in [0.2, 0.25) is 0 Å². The monoisotopic (exact) mass is 455 g/mol. The molecular formula is C23H22FN3O4S. The zero-order chi connectivity index (χ0) is 23.1. The van der Waals surface area contributed by atoms with Crippen LogP contribution in [0.1, 0.15) is 23.9 Å². The number of ether oxygens (including phenoxy) is 1. The predicted molar refractivity (Wildman–Crippen MR) is 117 cm³/mol. The number of methoxy groups -OCH3 is 1. The smallest absolute Gasteiger partial charge is 0.325 e. The molecule has 0 spiro atoms. The normalized spacial score (nSPS) is 13.8. The van der Waals surface area contributed by atoms with E-state index in [1.807, 2.05) is 0 Å². The zero-order valence-corrected chi connectivity index (χ0v) is 18.6. The van der Waals surface area contributed by atoms with Gasteiger partial charge in [0.25, 0.3) is 0 Å². The number of imidazole rings is 1. The summed E-state index contributed by atoms with van der Waals surface area (Å²) in [5.74, 6) is -1.02. The summed E-state index contributed by atoms with van der Waals surface area (Å²) in [5, 5.41) is 0.392. The number of nitrogens with zero attached hydrogens (tertiary/aromatic N) is 2. The van der Waals surface area contributed by atoms with Crippen LogP contribution in [-0.2, 0) is 30.7 Å². The maximum Gasteiger partial charge on any atom is 0.325 e. The number of H-pyrrole nitrogens is 1. The third-order valence-electron chi connectivity index (χ3n) is 5.88. The molecule has 2 heterocycles. The summed E-state index contributed by atoms with van der Waals surface area (Å²) in [6, 6.07) is 12.2. The van der Waals surface area contributed by atoms with E-state index in [-0.39, 0.29) is 11.4 Å². The Balaban J connectivity index is 2.12. The number of hydrogen-bond acceptors (Lipinski definition) is 5. The molecule has 0 amide bonds. The number of nitrogens with one attached hydrogen (secondary N) is 1. The number of aromatic amines is 1. The Kier molecular flexibility index (Phi) is 5.37. The first-order valence-corrected chi connectivity index (χ1v) is 11.3. The first kappa shape index (κ1) is 21.8. The van der Waals surface area contributed by atoms with Gasteiger partial charge in [-0.1, -0.05) is 18.2 Å². The lowest BCUT2D eigenvalue weighted by atomic mass is 9.94. The van der Waals surface area contributed by atoms with Crippen molar-refractivity contribution in [2.24, 2.45) is 0 Å². The molecule has 2 aromatic heterocycles. The lowest BCUT2D eigenvalue weighted by Gasteiger charge is -2.29. The maximum absolute atomic E-state index is 14.4. The van der Waals surface area contributed by atoms with Crippen molar-refractivity contribution >= 4 is 26.7 Å². The van der Waals surface area contributed by atoms with Gasteiger partial charge in [0.2, 0.25) is 0 Å². The fourth-order valence-corrected chi connectivity index (χ4v) is 6.13. The Morgan fingerprint density at radius 1 is 1.22 bits per heavy atom. The van der Waals surface area contributed by atoms with E-state index in [0.717, 1.165) is 0 Å². The third kappa shape index (κ3) is 3.20. The van der Waals surface area contributed by atoms with Gasteiger partial charge in [0.15, 0.2) is 9.84 Å². The highest BCUT2D eigenvalue weighted by Crippen LogP contribution is 2.46. The average Bonchev–Trinajstić information content (AvgIpc) is 3.41. The molecule has 2 aromatic carbocycles. The molecule has 0 aliphatic heterocycles. The van der Waals surface area contributed by atoms with Crippen LogP contribution in [0, 0.1) is 12.7 Å². The van der Waals surface area contributed by atoms with Gasteiger partial charge < -0.3 is 14.3 Å². The van der Waals surface area contributed by atoms with E-state index in [9.17, 15) is 17.6 Å². The number of benzene rings is 2. The first-order valence-electron chi connectivity index (χ1n) is 9.86. The molecule has 0 saturated heterocycles. The fourth-order valence-electron chi connectivity index (χ4n) is 4.22. The number of hydrogen-bond donors (Lipinski definition) is 1. The molecule has 1 N–H and O–H groups in total. The Labute approximate surface area is 184 Å². The molecule has 0 radical (unpaired) electrons. The van der Waals surface area contributed by atoms with Gasteiger partial charge in [-0.25, -0.2) is 17.8 Å². The second kappa shape index (κ2) is 7.90. The molecule has 4 aromatic rings. The number of sulfone groups is 1. The van der Waals surface area contributed by atoms with E-state index in [0.29, 0.717) is 27.9 Å². The van der Waals surface area contributed by atoms with Crippen LogP contribution in [0.3, 0.4) is 0 Å². The van der Waals surface area contributed by atoms with Crippen LogP contribution in [0.15, 0.2) is 66.0 Å². The topological polar surface area (TPSA) is 94.1 Å². The Hall–Kier alpha value is -3.46. The first-order chi connectivity index (χ1) is 15.2. The van der Waals surface area contributed by atoms with Crippen molar-refractivity contribution in [3.8, 4) is 0 Å². The van der Waals surface area contributed by atoms with Gasteiger partial charge in [-0.2, -0.15) is 0 Å². The maximum atomic E-state index is 14.4. The van der Waals surface area contributed by atoms with Crippen LogP contribution < -0.4 is 0 Å². The fraction of sp³-hybridized carbons (Fsp3) is 0.217. The van der Waals surface area contributed by atoms with Crippen LogP contribution in [0.4, 0.5) is 4.39 Å². The van der Waals surface area contributed by atoms with E-state index in [1.165, 1.54) is 50.0 Å². The number of halogens is 1. The summed E-state index contributed by atoms with van der Waals surface area (Å²) in [7, 11) is -2.77. The molecular weight excluding hydrogens is 433 g/mol. The summed E-state index contributed by atoms with van der Waals surface area (Å²) < 4.78 is 47.3. The lowest BCUT2D eigenvalue weighted by molar-refractivity contribution is -0.141. The number of rotatable bonds is 6. The lowest BCUT2D eigenvalue weighted by Crippen LogP contribution is -2.35. The summed E-state index contributed by atoms with van der Waals surface area (Å²) in [5.41, 5.74) is 1.72. The van der Waals surface area contributed by atoms with Gasteiger partial charge in [-0.15, -0.1) is 0 Å². The predicted octanol–water partition coefficient (Wildman–Crippen LogP) is 3.72. The zero-order valence-electron chi connectivity index (χ0n) is 17.8. The van der Waals surface area contributed by atoms with E-state index in [2.05, 4.69) is 9.97 Å². The molecule has 4 rings (SSSR count). The van der Waals surface area contributed by atoms with Gasteiger partial charge >= 0.3 is 5.97 Å². The summed E-state index contributed by atoms with van der Waals surface area (Å²) in [6.07, 6.45) is 2.85. The van der Waals surface area contributed by atoms with Crippen LogP contribution in [-0.4, -0.2) is 36.0 Å². The summed E-state index contributed by atoms with van der Waals surface area (Å²) >= 11 is 0. The minimum Gasteiger partial charge on any atom is -0.468 e. The average molecular weight is 456 g/mol. The van der Waals surface area contributed by atoms with Crippen molar-refractivity contribution in [2.75, 3.05) is 7.11 Å². The van der Waals surface area contributed by atoms with Crippen molar-refractivity contribution in [3.05, 3.63) is 83.8 Å². The standard InChI is InChI=1S/C23H22FN3O4S/c1-15-22(18-11-16(24)9-10-19(18)27(15)13-21(28)31-3)23(2,20-12-25-14-26-20)32(29,30)17-7-5-4-6-8-17/h4-12,14H,13H2,1-3H3,(H,25,26). The van der Waals surface area contributed by atoms with Crippen molar-refractivity contribution in [3.63, 3.8) is 0 Å². The molecule has 7 nitrogen and oxygen atoms in total. The number of esters is 1. The third-order valence-corrected chi connectivity index (χ3v) is 8.27. The quantitative estimate of drug-likeness (QED) is 0.447. The number of carbonyl (C=O) groups is 1. The van der Waals surface area contributed by atoms with E-state index < -0.39 is 26.4 Å². The van der Waals surface area contributed by atoms with Crippen LogP contribution in [0.25, 0.3) is 10.9 Å². The van der Waals surface area contributed by atoms with E-state index in [1.54, 1.807) is 36.6 Å². The molecule has 0 fully saturated rings. The van der Waals surface area contributed by atoms with E-state index >= 15 is 0 Å².